The summed E-state index contributed by atoms with van der Waals surface area (Å²) in [6.07, 6.45) is 7.93. The molecular formula is C27H28N4O2. The Morgan fingerprint density at radius 3 is 2.52 bits per heavy atom. The molecule has 0 bridgehead atoms. The highest BCUT2D eigenvalue weighted by atomic mass is 16.5. The van der Waals surface area contributed by atoms with Gasteiger partial charge in [-0.15, -0.1) is 0 Å². The number of hydrogen-bond acceptors (Lipinski definition) is 5. The van der Waals surface area contributed by atoms with E-state index in [-0.39, 0.29) is 6.10 Å². The molecule has 2 aromatic heterocycles. The summed E-state index contributed by atoms with van der Waals surface area (Å²) >= 11 is 0. The van der Waals surface area contributed by atoms with Gasteiger partial charge in [-0.25, -0.2) is 4.68 Å². The molecule has 0 aliphatic carbocycles. The Morgan fingerprint density at radius 1 is 0.939 bits per heavy atom. The zero-order valence-electron chi connectivity index (χ0n) is 18.8. The number of ether oxygens (including phenoxy) is 2. The zero-order chi connectivity index (χ0) is 22.5. The normalized spacial score (nSPS) is 14.8. The molecular weight excluding hydrogens is 412 g/mol. The molecule has 6 nitrogen and oxygen atoms in total. The number of piperidine rings is 1. The van der Waals surface area contributed by atoms with Crippen molar-refractivity contribution < 1.29 is 9.47 Å². The fourth-order valence-corrected chi connectivity index (χ4v) is 4.29. The highest BCUT2D eigenvalue weighted by Crippen LogP contribution is 2.29. The summed E-state index contributed by atoms with van der Waals surface area (Å²) < 4.78 is 13.5. The minimum atomic E-state index is 0.232. The number of likely N-dealkylation sites (tertiary alicyclic amines) is 1. The van der Waals surface area contributed by atoms with Crippen LogP contribution in [0.15, 0.2) is 85.3 Å². The number of pyridine rings is 1. The van der Waals surface area contributed by atoms with Crippen LogP contribution in [0.5, 0.6) is 11.5 Å². The highest BCUT2D eigenvalue weighted by molar-refractivity contribution is 5.65. The summed E-state index contributed by atoms with van der Waals surface area (Å²) in [5, 5.41) is 4.97. The Kier molecular flexibility index (Phi) is 6.35. The molecule has 1 aliphatic heterocycles. The molecule has 1 fully saturated rings. The third kappa shape index (κ3) is 5.07. The Labute approximate surface area is 194 Å². The summed E-state index contributed by atoms with van der Waals surface area (Å²) in [4.78, 5) is 6.63. The van der Waals surface area contributed by atoms with Crippen molar-refractivity contribution in [3.63, 3.8) is 0 Å². The van der Waals surface area contributed by atoms with Crippen LogP contribution in [0.1, 0.15) is 18.4 Å². The van der Waals surface area contributed by atoms with Gasteiger partial charge in [0.1, 0.15) is 17.6 Å². The molecule has 0 spiro atoms. The smallest absolute Gasteiger partial charge is 0.137 e. The van der Waals surface area contributed by atoms with Gasteiger partial charge in [0.05, 0.1) is 24.7 Å². The fraction of sp³-hybridized carbons (Fsp3) is 0.259. The quantitative estimate of drug-likeness (QED) is 0.405. The van der Waals surface area contributed by atoms with Gasteiger partial charge in [0.15, 0.2) is 0 Å². The molecule has 0 radical (unpaired) electrons. The van der Waals surface area contributed by atoms with Gasteiger partial charge in [-0.3, -0.25) is 9.88 Å². The standard InChI is InChI=1S/C27H28N4O2/c1-32-25-10-5-7-21(17-25)27-22(20-31(29-27)23-8-3-2-4-9-23)19-30-15-12-24(13-16-30)33-26-11-6-14-28-18-26/h2-11,14,17-18,20,24H,12-13,15-16,19H2,1H3. The van der Waals surface area contributed by atoms with Crippen molar-refractivity contribution in [2.75, 3.05) is 20.2 Å². The minimum Gasteiger partial charge on any atom is -0.497 e. The zero-order valence-corrected chi connectivity index (χ0v) is 18.8. The second-order valence-corrected chi connectivity index (χ2v) is 8.30. The van der Waals surface area contributed by atoms with E-state index in [1.807, 2.05) is 47.1 Å². The molecule has 168 valence electrons. The average Bonchev–Trinajstić information content (AvgIpc) is 3.30. The van der Waals surface area contributed by atoms with E-state index in [1.54, 1.807) is 19.5 Å². The maximum Gasteiger partial charge on any atom is 0.137 e. The van der Waals surface area contributed by atoms with Gasteiger partial charge < -0.3 is 9.47 Å². The van der Waals surface area contributed by atoms with E-state index in [0.29, 0.717) is 0 Å². The Morgan fingerprint density at radius 2 is 1.76 bits per heavy atom. The van der Waals surface area contributed by atoms with Crippen LogP contribution in [-0.4, -0.2) is 46.0 Å². The highest BCUT2D eigenvalue weighted by Gasteiger charge is 2.23. The number of nitrogens with zero attached hydrogens (tertiary/aromatic N) is 4. The topological polar surface area (TPSA) is 52.4 Å². The van der Waals surface area contributed by atoms with E-state index in [0.717, 1.165) is 60.9 Å². The lowest BCUT2D eigenvalue weighted by molar-refractivity contribution is 0.0966. The Balaban J connectivity index is 1.34. The molecule has 5 rings (SSSR count). The van der Waals surface area contributed by atoms with Crippen LogP contribution < -0.4 is 9.47 Å². The summed E-state index contributed by atoms with van der Waals surface area (Å²) in [6, 6.07) is 22.3. The number of aromatic nitrogens is 3. The van der Waals surface area contributed by atoms with Gasteiger partial charge in [0.2, 0.25) is 0 Å². The number of benzene rings is 2. The van der Waals surface area contributed by atoms with E-state index in [2.05, 4.69) is 40.3 Å². The third-order valence-electron chi connectivity index (χ3n) is 6.02. The lowest BCUT2D eigenvalue weighted by Crippen LogP contribution is -2.37. The van der Waals surface area contributed by atoms with Gasteiger partial charge in [0.25, 0.3) is 0 Å². The molecule has 0 N–H and O–H groups in total. The maximum absolute atomic E-state index is 6.11. The summed E-state index contributed by atoms with van der Waals surface area (Å²) in [5.41, 5.74) is 4.32. The molecule has 1 aliphatic rings. The van der Waals surface area contributed by atoms with Crippen molar-refractivity contribution in [3.8, 4) is 28.4 Å². The first kappa shape index (κ1) is 21.2. The molecule has 0 saturated carbocycles. The van der Waals surface area contributed by atoms with Crippen LogP contribution in [0.25, 0.3) is 16.9 Å². The van der Waals surface area contributed by atoms with Gasteiger partial charge in [-0.2, -0.15) is 5.10 Å². The van der Waals surface area contributed by atoms with E-state index < -0.39 is 0 Å². The monoisotopic (exact) mass is 440 g/mol. The van der Waals surface area contributed by atoms with Crippen molar-refractivity contribution in [2.45, 2.75) is 25.5 Å². The molecule has 2 aromatic carbocycles. The van der Waals surface area contributed by atoms with Gasteiger partial charge in [-0.05, 0) is 49.2 Å². The number of rotatable bonds is 7. The average molecular weight is 441 g/mol. The SMILES string of the molecule is COc1cccc(-c2nn(-c3ccccc3)cc2CN2CCC(Oc3cccnc3)CC2)c1. The summed E-state index contributed by atoms with van der Waals surface area (Å²) in [7, 11) is 1.69. The molecule has 0 unspecified atom stereocenters. The summed E-state index contributed by atoms with van der Waals surface area (Å²) in [6.45, 7) is 2.82. The molecule has 6 heteroatoms. The molecule has 0 amide bonds. The lowest BCUT2D eigenvalue weighted by atomic mass is 10.0. The van der Waals surface area contributed by atoms with Crippen molar-refractivity contribution in [2.24, 2.45) is 0 Å². The van der Waals surface area contributed by atoms with Crippen LogP contribution in [0, 0.1) is 0 Å². The first-order valence-electron chi connectivity index (χ1n) is 11.4. The van der Waals surface area contributed by atoms with Gasteiger partial charge in [-0.1, -0.05) is 30.3 Å². The van der Waals surface area contributed by atoms with Crippen molar-refractivity contribution in [1.29, 1.82) is 0 Å². The molecule has 3 heterocycles. The van der Waals surface area contributed by atoms with Crippen LogP contribution >= 0.6 is 0 Å². The van der Waals surface area contributed by atoms with Crippen LogP contribution in [0.3, 0.4) is 0 Å². The van der Waals surface area contributed by atoms with Crippen molar-refractivity contribution in [1.82, 2.24) is 19.7 Å². The molecule has 4 aromatic rings. The maximum atomic E-state index is 6.11. The van der Waals surface area contributed by atoms with E-state index in [1.165, 1.54) is 5.56 Å². The first-order valence-corrected chi connectivity index (χ1v) is 11.4. The number of para-hydroxylation sites is 1. The summed E-state index contributed by atoms with van der Waals surface area (Å²) in [5.74, 6) is 1.68. The minimum absolute atomic E-state index is 0.232. The lowest BCUT2D eigenvalue weighted by Gasteiger charge is -2.32. The molecule has 33 heavy (non-hydrogen) atoms. The second-order valence-electron chi connectivity index (χ2n) is 8.30. The number of hydrogen-bond donors (Lipinski definition) is 0. The molecule has 1 saturated heterocycles. The van der Waals surface area contributed by atoms with Crippen LogP contribution in [0.4, 0.5) is 0 Å². The predicted octanol–water partition coefficient (Wildman–Crippen LogP) is 4.99. The van der Waals surface area contributed by atoms with E-state index in [9.17, 15) is 0 Å². The van der Waals surface area contributed by atoms with Gasteiger partial charge in [0, 0.05) is 43.2 Å². The third-order valence-corrected chi connectivity index (χ3v) is 6.02. The predicted molar refractivity (Wildman–Crippen MR) is 129 cm³/mol. The fourth-order valence-electron chi connectivity index (χ4n) is 4.29. The first-order chi connectivity index (χ1) is 16.3. The van der Waals surface area contributed by atoms with E-state index >= 15 is 0 Å². The number of methoxy groups -OCH3 is 1. The Bertz CT molecular complexity index is 1170. The second kappa shape index (κ2) is 9.88. The van der Waals surface area contributed by atoms with Gasteiger partial charge >= 0.3 is 0 Å². The Hall–Kier alpha value is -3.64. The van der Waals surface area contributed by atoms with Crippen LogP contribution in [0.2, 0.25) is 0 Å². The molecule has 0 atom stereocenters. The van der Waals surface area contributed by atoms with Crippen LogP contribution in [-0.2, 0) is 6.54 Å². The largest absolute Gasteiger partial charge is 0.497 e. The van der Waals surface area contributed by atoms with Crippen molar-refractivity contribution in [3.05, 3.63) is 90.9 Å². The van der Waals surface area contributed by atoms with E-state index in [4.69, 9.17) is 14.6 Å². The van der Waals surface area contributed by atoms with Crippen molar-refractivity contribution >= 4 is 0 Å².